The van der Waals surface area contributed by atoms with Gasteiger partial charge in [0, 0.05) is 13.5 Å². The van der Waals surface area contributed by atoms with Crippen LogP contribution in [0.1, 0.15) is 23.0 Å². The lowest BCUT2D eigenvalue weighted by molar-refractivity contribution is 0.0984. The zero-order chi connectivity index (χ0) is 20.3. The minimum absolute atomic E-state index is 0.0443. The Kier molecular flexibility index (Phi) is 5.84. The Morgan fingerprint density at radius 2 is 2.11 bits per heavy atom. The van der Waals surface area contributed by atoms with Gasteiger partial charge in [-0.1, -0.05) is 6.92 Å². The average Bonchev–Trinajstić information content (AvgIpc) is 3.22. The van der Waals surface area contributed by atoms with Gasteiger partial charge in [-0.3, -0.25) is 4.79 Å². The molecule has 3 rings (SSSR count). The van der Waals surface area contributed by atoms with Crippen LogP contribution in [0.15, 0.2) is 46.5 Å². The van der Waals surface area contributed by atoms with Crippen molar-refractivity contribution in [3.8, 4) is 5.82 Å². The minimum Gasteiger partial charge on any atom is -0.387 e. The Morgan fingerprint density at radius 1 is 1.32 bits per heavy atom. The van der Waals surface area contributed by atoms with Crippen LogP contribution in [0.3, 0.4) is 0 Å². The number of aromatic nitrogens is 5. The first-order valence-corrected chi connectivity index (χ1v) is 10.7. The first-order chi connectivity index (χ1) is 13.4. The van der Waals surface area contributed by atoms with Gasteiger partial charge in [-0.25, -0.2) is 28.1 Å². The van der Waals surface area contributed by atoms with Crippen molar-refractivity contribution in [3.05, 3.63) is 52.9 Å². The van der Waals surface area contributed by atoms with Gasteiger partial charge in [0.15, 0.2) is 21.4 Å². The van der Waals surface area contributed by atoms with Gasteiger partial charge in [-0.05, 0) is 39.7 Å². The third-order valence-electron chi connectivity index (χ3n) is 4.05. The molecule has 0 saturated carbocycles. The van der Waals surface area contributed by atoms with Crippen molar-refractivity contribution in [1.29, 1.82) is 0 Å². The van der Waals surface area contributed by atoms with Crippen molar-refractivity contribution < 1.29 is 13.2 Å². The normalized spacial score (nSPS) is 11.4. The van der Waals surface area contributed by atoms with E-state index in [4.69, 9.17) is 0 Å². The monoisotopic (exact) mass is 464 g/mol. The molecule has 0 aliphatic carbocycles. The van der Waals surface area contributed by atoms with Gasteiger partial charge >= 0.3 is 0 Å². The lowest BCUT2D eigenvalue weighted by atomic mass is 10.1. The zero-order valence-corrected chi connectivity index (χ0v) is 17.5. The van der Waals surface area contributed by atoms with E-state index in [1.807, 2.05) is 0 Å². The molecule has 11 heteroatoms. The maximum absolute atomic E-state index is 13.1. The molecule has 3 heterocycles. The van der Waals surface area contributed by atoms with E-state index in [9.17, 15) is 13.2 Å². The van der Waals surface area contributed by atoms with Crippen molar-refractivity contribution in [2.75, 3.05) is 18.1 Å². The number of pyridine rings is 2. The summed E-state index contributed by atoms with van der Waals surface area (Å²) < 4.78 is 26.9. The molecule has 0 aliphatic heterocycles. The molecular weight excluding hydrogens is 448 g/mol. The predicted octanol–water partition coefficient (Wildman–Crippen LogP) is 2.08. The van der Waals surface area contributed by atoms with E-state index in [-0.39, 0.29) is 22.8 Å². The molecule has 0 aromatic carbocycles. The number of carbonyl (C=O) groups excluding carboxylic acids is 1. The van der Waals surface area contributed by atoms with Crippen LogP contribution in [-0.2, 0) is 16.3 Å². The van der Waals surface area contributed by atoms with Gasteiger partial charge in [0.25, 0.3) is 0 Å². The number of rotatable bonds is 7. The van der Waals surface area contributed by atoms with Crippen LogP contribution in [0, 0.1) is 0 Å². The van der Waals surface area contributed by atoms with E-state index < -0.39 is 15.6 Å². The van der Waals surface area contributed by atoms with E-state index in [2.05, 4.69) is 41.3 Å². The summed E-state index contributed by atoms with van der Waals surface area (Å²) in [4.78, 5) is 25.2. The van der Waals surface area contributed by atoms with Gasteiger partial charge in [-0.2, -0.15) is 5.10 Å². The summed E-state index contributed by atoms with van der Waals surface area (Å²) in [5, 5.41) is 6.95. The predicted molar refractivity (Wildman–Crippen MR) is 106 cm³/mol. The summed E-state index contributed by atoms with van der Waals surface area (Å²) in [6, 6.07) is 4.59. The number of nitrogens with zero attached hydrogens (tertiary/aromatic N) is 5. The van der Waals surface area contributed by atoms with Crippen molar-refractivity contribution >= 4 is 37.2 Å². The number of hydrogen-bond acceptors (Lipinski definition) is 8. The summed E-state index contributed by atoms with van der Waals surface area (Å²) in [6.45, 7) is 1.52. The molecule has 3 aromatic rings. The summed E-state index contributed by atoms with van der Waals surface area (Å²) in [5.74, 6) is -0.260. The number of ketones is 1. The van der Waals surface area contributed by atoms with Crippen molar-refractivity contribution in [2.45, 2.75) is 18.2 Å². The Morgan fingerprint density at radius 3 is 2.75 bits per heavy atom. The molecule has 0 radical (unpaired) electrons. The summed E-state index contributed by atoms with van der Waals surface area (Å²) in [6.07, 6.45) is 4.30. The van der Waals surface area contributed by atoms with Gasteiger partial charge in [0.05, 0.1) is 22.5 Å². The second kappa shape index (κ2) is 8.15. The van der Waals surface area contributed by atoms with Crippen LogP contribution in [0.4, 0.5) is 5.69 Å². The van der Waals surface area contributed by atoms with Crippen molar-refractivity contribution in [3.63, 3.8) is 0 Å². The van der Waals surface area contributed by atoms with E-state index in [1.54, 1.807) is 19.3 Å². The molecule has 3 aromatic heterocycles. The van der Waals surface area contributed by atoms with E-state index in [1.165, 1.54) is 36.4 Å². The number of Topliss-reactive ketones (excluding diaryl/α,β-unsaturated/α-hetero) is 1. The molecule has 0 atom stereocenters. The van der Waals surface area contributed by atoms with E-state index in [0.29, 0.717) is 21.7 Å². The van der Waals surface area contributed by atoms with Crippen molar-refractivity contribution in [1.82, 2.24) is 24.7 Å². The fourth-order valence-electron chi connectivity index (χ4n) is 2.59. The maximum Gasteiger partial charge on any atom is 0.187 e. The number of halogens is 1. The SMILES string of the molecule is CCS(=O)(=O)c1ccc(-n2cncn2)nc1C(=O)Cc1cc(Br)ncc1NC. The molecule has 0 amide bonds. The highest BCUT2D eigenvalue weighted by molar-refractivity contribution is 9.10. The molecule has 146 valence electrons. The standard InChI is InChI=1S/C17H17BrN6O3S/c1-3-28(26,27)14-4-5-16(24-10-20-9-22-24)23-17(14)13(25)6-11-7-15(18)21-8-12(11)19-2/h4-5,7-10,19H,3,6H2,1-2H3. The quantitative estimate of drug-likeness (QED) is 0.416. The number of sulfone groups is 1. The fraction of sp³-hybridized carbons (Fsp3) is 0.235. The highest BCUT2D eigenvalue weighted by Gasteiger charge is 2.24. The molecule has 0 aliphatic rings. The second-order valence-electron chi connectivity index (χ2n) is 5.77. The van der Waals surface area contributed by atoms with Crippen LogP contribution in [0.2, 0.25) is 0 Å². The second-order valence-corrected chi connectivity index (χ2v) is 8.83. The average molecular weight is 465 g/mol. The molecule has 0 unspecified atom stereocenters. The third kappa shape index (κ3) is 4.09. The van der Waals surface area contributed by atoms with Crippen LogP contribution in [0.5, 0.6) is 0 Å². The Bertz CT molecular complexity index is 1120. The van der Waals surface area contributed by atoms with E-state index >= 15 is 0 Å². The Balaban J connectivity index is 2.09. The largest absolute Gasteiger partial charge is 0.387 e. The zero-order valence-electron chi connectivity index (χ0n) is 15.1. The lowest BCUT2D eigenvalue weighted by Gasteiger charge is -2.12. The van der Waals surface area contributed by atoms with Gasteiger partial charge in [-0.15, -0.1) is 0 Å². The summed E-state index contributed by atoms with van der Waals surface area (Å²) >= 11 is 3.29. The third-order valence-corrected chi connectivity index (χ3v) is 6.25. The highest BCUT2D eigenvalue weighted by atomic mass is 79.9. The first-order valence-electron chi connectivity index (χ1n) is 8.30. The number of nitrogens with one attached hydrogen (secondary N) is 1. The molecule has 9 nitrogen and oxygen atoms in total. The molecule has 0 fully saturated rings. The van der Waals surface area contributed by atoms with Crippen LogP contribution in [0.25, 0.3) is 5.82 Å². The molecule has 1 N–H and O–H groups in total. The summed E-state index contributed by atoms with van der Waals surface area (Å²) in [7, 11) is -1.92. The molecule has 0 spiro atoms. The molecule has 0 saturated heterocycles. The van der Waals surface area contributed by atoms with Crippen molar-refractivity contribution in [2.24, 2.45) is 0 Å². The number of hydrogen-bond donors (Lipinski definition) is 1. The Hall–Kier alpha value is -2.66. The minimum atomic E-state index is -3.64. The summed E-state index contributed by atoms with van der Waals surface area (Å²) in [5.41, 5.74) is 1.22. The van der Waals surface area contributed by atoms with E-state index in [0.717, 1.165) is 0 Å². The lowest BCUT2D eigenvalue weighted by Crippen LogP contribution is -2.17. The van der Waals surface area contributed by atoms with Crippen LogP contribution in [-0.4, -0.2) is 51.7 Å². The Labute approximate surface area is 170 Å². The fourth-order valence-corrected chi connectivity index (χ4v) is 4.01. The molecule has 0 bridgehead atoms. The smallest absolute Gasteiger partial charge is 0.187 e. The molecule has 28 heavy (non-hydrogen) atoms. The van der Waals surface area contributed by atoms with Gasteiger partial charge < -0.3 is 5.32 Å². The maximum atomic E-state index is 13.1. The van der Waals surface area contributed by atoms with Gasteiger partial charge in [0.1, 0.15) is 23.0 Å². The topological polar surface area (TPSA) is 120 Å². The van der Waals surface area contributed by atoms with Crippen LogP contribution >= 0.6 is 15.9 Å². The first kappa shape index (κ1) is 20.1. The highest BCUT2D eigenvalue weighted by Crippen LogP contribution is 2.23. The van der Waals surface area contributed by atoms with Gasteiger partial charge in [0.2, 0.25) is 0 Å². The number of anilines is 1. The number of carbonyl (C=O) groups is 1. The molecular formula is C17H17BrN6O3S. The van der Waals surface area contributed by atoms with Crippen LogP contribution < -0.4 is 5.32 Å².